The predicted octanol–water partition coefficient (Wildman–Crippen LogP) is 3.61. The number of rotatable bonds is 6. The van der Waals surface area contributed by atoms with Crippen molar-refractivity contribution >= 4 is 11.6 Å². The molecule has 1 aliphatic rings. The number of carbonyl (C=O) groups excluding carboxylic acids is 2. The summed E-state index contributed by atoms with van der Waals surface area (Å²) < 4.78 is 10.4. The largest absolute Gasteiger partial charge is 0.511 e. The highest BCUT2D eigenvalue weighted by molar-refractivity contribution is 6.22. The van der Waals surface area contributed by atoms with Gasteiger partial charge in [0.1, 0.15) is 5.76 Å². The lowest BCUT2D eigenvalue weighted by molar-refractivity contribution is -0.124. The fourth-order valence-electron chi connectivity index (χ4n) is 3.09. The summed E-state index contributed by atoms with van der Waals surface area (Å²) in [6.45, 7) is 1.90. The number of aliphatic hydroxyl groups is 1. The van der Waals surface area contributed by atoms with Crippen molar-refractivity contribution < 1.29 is 24.2 Å². The van der Waals surface area contributed by atoms with Crippen LogP contribution < -0.4 is 0 Å². The smallest absolute Gasteiger partial charge is 0.183 e. The summed E-state index contributed by atoms with van der Waals surface area (Å²) in [7, 11) is 3.13. The van der Waals surface area contributed by atoms with Gasteiger partial charge in [0.25, 0.3) is 0 Å². The van der Waals surface area contributed by atoms with Gasteiger partial charge in [0.15, 0.2) is 17.9 Å². The first-order valence-electron chi connectivity index (χ1n) is 8.15. The number of hydrogen-bond donors (Lipinski definition) is 1. The lowest BCUT2D eigenvalue weighted by Gasteiger charge is -2.23. The minimum atomic E-state index is -0.436. The summed E-state index contributed by atoms with van der Waals surface area (Å²) in [5.41, 5.74) is 1.81. The first kappa shape index (κ1) is 18.4. The first-order valence-corrected chi connectivity index (χ1v) is 8.15. The van der Waals surface area contributed by atoms with Gasteiger partial charge in [-0.15, -0.1) is 0 Å². The van der Waals surface area contributed by atoms with Crippen molar-refractivity contribution in [3.8, 4) is 0 Å². The molecule has 2 rings (SSSR count). The van der Waals surface area contributed by atoms with Gasteiger partial charge < -0.3 is 14.6 Å². The van der Waals surface area contributed by atoms with Crippen LogP contribution >= 0.6 is 0 Å². The molecule has 0 heterocycles. The molecule has 0 spiro atoms. The molecule has 1 aromatic rings. The van der Waals surface area contributed by atoms with Crippen LogP contribution in [-0.2, 0) is 19.1 Å². The molecule has 5 nitrogen and oxygen atoms in total. The SMILES string of the molecule is CCCC(O)=C1C(=O)CC(c2ccc(C(OC)OC)cc2)CC1=O. The topological polar surface area (TPSA) is 72.8 Å². The third-order valence-corrected chi connectivity index (χ3v) is 4.30. The average molecular weight is 332 g/mol. The Morgan fingerprint density at radius 1 is 1.12 bits per heavy atom. The van der Waals surface area contributed by atoms with E-state index in [1.807, 2.05) is 31.2 Å². The van der Waals surface area contributed by atoms with Gasteiger partial charge in [-0.2, -0.15) is 0 Å². The quantitative estimate of drug-likeness (QED) is 0.373. The van der Waals surface area contributed by atoms with E-state index >= 15 is 0 Å². The number of Topliss-reactive ketones (excluding diaryl/α,β-unsaturated/α-hetero) is 2. The van der Waals surface area contributed by atoms with E-state index in [2.05, 4.69) is 0 Å². The zero-order valence-electron chi connectivity index (χ0n) is 14.4. The van der Waals surface area contributed by atoms with Crippen molar-refractivity contribution in [1.82, 2.24) is 0 Å². The number of allylic oxidation sites excluding steroid dienone is 2. The Bertz CT molecular complexity index is 606. The Morgan fingerprint density at radius 2 is 1.67 bits per heavy atom. The molecule has 0 radical (unpaired) electrons. The van der Waals surface area contributed by atoms with Crippen LogP contribution in [0.3, 0.4) is 0 Å². The van der Waals surface area contributed by atoms with Crippen LogP contribution in [0.15, 0.2) is 35.6 Å². The number of ketones is 2. The second kappa shape index (κ2) is 8.22. The fourth-order valence-corrected chi connectivity index (χ4v) is 3.09. The van der Waals surface area contributed by atoms with Crippen molar-refractivity contribution in [1.29, 1.82) is 0 Å². The number of benzene rings is 1. The summed E-state index contributed by atoms with van der Waals surface area (Å²) in [4.78, 5) is 24.6. The highest BCUT2D eigenvalue weighted by Gasteiger charge is 2.33. The molecule has 1 aromatic carbocycles. The minimum Gasteiger partial charge on any atom is -0.511 e. The van der Waals surface area contributed by atoms with Gasteiger partial charge in [-0.25, -0.2) is 0 Å². The zero-order chi connectivity index (χ0) is 17.7. The first-order chi connectivity index (χ1) is 11.5. The van der Waals surface area contributed by atoms with E-state index in [0.29, 0.717) is 12.8 Å². The van der Waals surface area contributed by atoms with Gasteiger partial charge in [-0.3, -0.25) is 9.59 Å². The number of methoxy groups -OCH3 is 2. The van der Waals surface area contributed by atoms with Gasteiger partial charge in [-0.05, 0) is 17.9 Å². The third-order valence-electron chi connectivity index (χ3n) is 4.30. The van der Waals surface area contributed by atoms with Crippen molar-refractivity contribution in [2.45, 2.75) is 44.8 Å². The van der Waals surface area contributed by atoms with Crippen molar-refractivity contribution in [2.24, 2.45) is 0 Å². The molecule has 0 unspecified atom stereocenters. The van der Waals surface area contributed by atoms with Crippen LogP contribution in [0.4, 0.5) is 0 Å². The number of ether oxygens (including phenoxy) is 2. The fraction of sp³-hybridized carbons (Fsp3) is 0.474. The van der Waals surface area contributed by atoms with E-state index in [1.54, 1.807) is 14.2 Å². The summed E-state index contributed by atoms with van der Waals surface area (Å²) in [5.74, 6) is -0.749. The number of hydrogen-bond acceptors (Lipinski definition) is 5. The van der Waals surface area contributed by atoms with E-state index < -0.39 is 6.29 Å². The molecule has 130 valence electrons. The zero-order valence-corrected chi connectivity index (χ0v) is 14.4. The van der Waals surface area contributed by atoms with Crippen LogP contribution in [0.1, 0.15) is 55.9 Å². The molecule has 1 aliphatic carbocycles. The normalized spacial score (nSPS) is 18.3. The molecule has 0 saturated heterocycles. The van der Waals surface area contributed by atoms with Crippen LogP contribution in [0.25, 0.3) is 0 Å². The highest BCUT2D eigenvalue weighted by Crippen LogP contribution is 2.33. The number of aliphatic hydroxyl groups excluding tert-OH is 1. The van der Waals surface area contributed by atoms with E-state index in [0.717, 1.165) is 11.1 Å². The van der Waals surface area contributed by atoms with Gasteiger partial charge in [0.05, 0.1) is 5.57 Å². The lowest BCUT2D eigenvalue weighted by atomic mass is 9.79. The number of carbonyl (C=O) groups is 2. The van der Waals surface area contributed by atoms with Crippen molar-refractivity contribution in [2.75, 3.05) is 14.2 Å². The maximum atomic E-state index is 12.3. The summed E-state index contributed by atoms with van der Waals surface area (Å²) in [5, 5.41) is 9.93. The average Bonchev–Trinajstić information content (AvgIpc) is 2.56. The summed E-state index contributed by atoms with van der Waals surface area (Å²) in [6.07, 6.45) is 1.11. The molecule has 0 amide bonds. The van der Waals surface area contributed by atoms with Crippen LogP contribution in [-0.4, -0.2) is 30.9 Å². The second-order valence-electron chi connectivity index (χ2n) is 5.99. The van der Waals surface area contributed by atoms with Crippen LogP contribution in [0.2, 0.25) is 0 Å². The Labute approximate surface area is 142 Å². The molecule has 24 heavy (non-hydrogen) atoms. The minimum absolute atomic E-state index is 0.00329. The van der Waals surface area contributed by atoms with E-state index in [-0.39, 0.29) is 41.7 Å². The second-order valence-corrected chi connectivity index (χ2v) is 5.99. The molecule has 0 bridgehead atoms. The van der Waals surface area contributed by atoms with Gasteiger partial charge in [0.2, 0.25) is 0 Å². The van der Waals surface area contributed by atoms with Crippen LogP contribution in [0.5, 0.6) is 0 Å². The molecular weight excluding hydrogens is 308 g/mol. The Kier molecular flexibility index (Phi) is 6.29. The van der Waals surface area contributed by atoms with E-state index in [9.17, 15) is 14.7 Å². The van der Waals surface area contributed by atoms with Crippen LogP contribution in [0, 0.1) is 0 Å². The molecule has 0 atom stereocenters. The van der Waals surface area contributed by atoms with E-state index in [1.165, 1.54) is 0 Å². The lowest BCUT2D eigenvalue weighted by Crippen LogP contribution is -2.26. The van der Waals surface area contributed by atoms with Gasteiger partial charge in [0, 0.05) is 39.0 Å². The Hall–Kier alpha value is -1.98. The molecule has 0 aliphatic heterocycles. The van der Waals surface area contributed by atoms with Crippen molar-refractivity contribution in [3.63, 3.8) is 0 Å². The molecule has 1 fully saturated rings. The molecule has 1 saturated carbocycles. The summed E-state index contributed by atoms with van der Waals surface area (Å²) in [6, 6.07) is 7.54. The van der Waals surface area contributed by atoms with Crippen molar-refractivity contribution in [3.05, 3.63) is 46.7 Å². The molecule has 1 N–H and O–H groups in total. The summed E-state index contributed by atoms with van der Waals surface area (Å²) >= 11 is 0. The standard InChI is InChI=1S/C19H24O5/c1-4-5-15(20)18-16(21)10-14(11-17(18)22)12-6-8-13(9-7-12)19(23-2)24-3/h6-9,14,19-20H,4-5,10-11H2,1-3H3. The van der Waals surface area contributed by atoms with Gasteiger partial charge >= 0.3 is 0 Å². The monoisotopic (exact) mass is 332 g/mol. The molecular formula is C19H24O5. The molecule has 5 heteroatoms. The van der Waals surface area contributed by atoms with Gasteiger partial charge in [-0.1, -0.05) is 31.2 Å². The Morgan fingerprint density at radius 3 is 2.12 bits per heavy atom. The predicted molar refractivity (Wildman–Crippen MR) is 89.8 cm³/mol. The van der Waals surface area contributed by atoms with E-state index in [4.69, 9.17) is 9.47 Å². The third kappa shape index (κ3) is 3.91. The maximum absolute atomic E-state index is 12.3. The Balaban J connectivity index is 2.17. The molecule has 0 aromatic heterocycles. The highest BCUT2D eigenvalue weighted by atomic mass is 16.7. The maximum Gasteiger partial charge on any atom is 0.183 e.